The Balaban J connectivity index is 1.73. The first kappa shape index (κ1) is 24.2. The molecule has 0 fully saturated rings. The van der Waals surface area contributed by atoms with Crippen LogP contribution >= 0.6 is 23.2 Å². The molecule has 0 aromatic heterocycles. The van der Waals surface area contributed by atoms with Crippen LogP contribution in [0, 0.1) is 0 Å². The van der Waals surface area contributed by atoms with Gasteiger partial charge in [0.1, 0.15) is 19.3 Å². The molecule has 1 N–H and O–H groups in total. The normalized spacial score (nSPS) is 13.4. The second-order valence-corrected chi connectivity index (χ2v) is 8.55. The third kappa shape index (κ3) is 6.30. The molecule has 0 radical (unpaired) electrons. The number of nitrogens with one attached hydrogen (secondary N) is 1. The van der Waals surface area contributed by atoms with Crippen LogP contribution in [-0.4, -0.2) is 42.5 Å². The van der Waals surface area contributed by atoms with Gasteiger partial charge in [-0.1, -0.05) is 42.3 Å². The molecule has 0 aliphatic carbocycles. The van der Waals surface area contributed by atoms with Crippen LogP contribution in [0.25, 0.3) is 0 Å². The van der Waals surface area contributed by atoms with Gasteiger partial charge in [-0.05, 0) is 55.2 Å². The minimum atomic E-state index is -0.638. The highest BCUT2D eigenvalue weighted by Crippen LogP contribution is 2.31. The van der Waals surface area contributed by atoms with Gasteiger partial charge in [0.05, 0.1) is 0 Å². The van der Waals surface area contributed by atoms with E-state index in [-0.39, 0.29) is 24.8 Å². The molecule has 32 heavy (non-hydrogen) atoms. The van der Waals surface area contributed by atoms with Crippen LogP contribution in [0.4, 0.5) is 0 Å². The summed E-state index contributed by atoms with van der Waals surface area (Å²) in [4.78, 5) is 27.4. The predicted octanol–water partition coefficient (Wildman–Crippen LogP) is 4.64. The van der Waals surface area contributed by atoms with Crippen LogP contribution in [0.15, 0.2) is 36.4 Å². The Hall–Kier alpha value is -2.44. The van der Waals surface area contributed by atoms with E-state index in [2.05, 4.69) is 5.32 Å². The molecule has 0 unspecified atom stereocenters. The van der Waals surface area contributed by atoms with Crippen molar-refractivity contribution in [3.8, 4) is 11.5 Å². The molecule has 8 heteroatoms. The van der Waals surface area contributed by atoms with Crippen molar-refractivity contribution in [1.82, 2.24) is 10.2 Å². The topological polar surface area (TPSA) is 67.9 Å². The number of aryl methyl sites for hydroxylation is 1. The standard InChI is InChI=1S/C24H28Cl2N2O4/c1-3-10-27-24(30)16(2)28(15-18-6-7-19(25)14-20(18)26)23(29)9-5-17-4-8-21-22(13-17)32-12-11-31-21/h4,6-8,13-14,16H,3,5,9-12,15H2,1-2H3,(H,27,30)/t16-/m1/s1. The molecule has 1 heterocycles. The number of nitrogens with zero attached hydrogens (tertiary/aromatic N) is 1. The van der Waals surface area contributed by atoms with Crippen molar-refractivity contribution in [2.45, 2.75) is 45.7 Å². The van der Waals surface area contributed by atoms with Gasteiger partial charge in [-0.25, -0.2) is 0 Å². The van der Waals surface area contributed by atoms with Gasteiger partial charge in [0.25, 0.3) is 0 Å². The molecule has 172 valence electrons. The molecular weight excluding hydrogens is 451 g/mol. The molecule has 0 saturated carbocycles. The smallest absolute Gasteiger partial charge is 0.242 e. The Labute approximate surface area is 198 Å². The fourth-order valence-corrected chi connectivity index (χ4v) is 3.92. The van der Waals surface area contributed by atoms with Gasteiger partial charge in [-0.15, -0.1) is 0 Å². The number of fused-ring (bicyclic) bond motifs is 1. The highest BCUT2D eigenvalue weighted by molar-refractivity contribution is 6.35. The van der Waals surface area contributed by atoms with Gasteiger partial charge in [0.15, 0.2) is 11.5 Å². The zero-order valence-electron chi connectivity index (χ0n) is 18.3. The molecular formula is C24H28Cl2N2O4. The lowest BCUT2D eigenvalue weighted by Crippen LogP contribution is -2.47. The summed E-state index contributed by atoms with van der Waals surface area (Å²) in [5, 5.41) is 3.85. The van der Waals surface area contributed by atoms with E-state index in [9.17, 15) is 9.59 Å². The third-order valence-electron chi connectivity index (χ3n) is 5.31. The molecule has 1 aliphatic heterocycles. The van der Waals surface area contributed by atoms with Crippen molar-refractivity contribution < 1.29 is 19.1 Å². The average Bonchev–Trinajstić information content (AvgIpc) is 2.80. The number of benzene rings is 2. The van der Waals surface area contributed by atoms with Crippen molar-refractivity contribution in [3.63, 3.8) is 0 Å². The van der Waals surface area contributed by atoms with E-state index in [0.717, 1.165) is 17.5 Å². The SMILES string of the molecule is CCCNC(=O)[C@@H](C)N(Cc1ccc(Cl)cc1Cl)C(=O)CCc1ccc2c(c1)OCCO2. The monoisotopic (exact) mass is 478 g/mol. The first-order valence-corrected chi connectivity index (χ1v) is 11.5. The van der Waals surface area contributed by atoms with Crippen LogP contribution in [0.2, 0.25) is 10.0 Å². The minimum absolute atomic E-state index is 0.134. The maximum atomic E-state index is 13.2. The number of carbonyl (C=O) groups excluding carboxylic acids is 2. The van der Waals surface area contributed by atoms with Crippen molar-refractivity contribution in [2.24, 2.45) is 0 Å². The maximum Gasteiger partial charge on any atom is 0.242 e. The summed E-state index contributed by atoms with van der Waals surface area (Å²) in [6.07, 6.45) is 1.58. The van der Waals surface area contributed by atoms with Crippen LogP contribution < -0.4 is 14.8 Å². The van der Waals surface area contributed by atoms with Crippen LogP contribution in [0.5, 0.6) is 11.5 Å². The average molecular weight is 479 g/mol. The number of amides is 2. The van der Waals surface area contributed by atoms with Gasteiger partial charge in [-0.3, -0.25) is 9.59 Å². The van der Waals surface area contributed by atoms with E-state index in [0.29, 0.717) is 47.7 Å². The summed E-state index contributed by atoms with van der Waals surface area (Å²) >= 11 is 12.3. The molecule has 3 rings (SSSR count). The Morgan fingerprint density at radius 1 is 1.09 bits per heavy atom. The first-order valence-electron chi connectivity index (χ1n) is 10.8. The summed E-state index contributed by atoms with van der Waals surface area (Å²) < 4.78 is 11.2. The van der Waals surface area contributed by atoms with Crippen molar-refractivity contribution in [2.75, 3.05) is 19.8 Å². The van der Waals surface area contributed by atoms with Gasteiger partial charge >= 0.3 is 0 Å². The van der Waals surface area contributed by atoms with Gasteiger partial charge in [-0.2, -0.15) is 0 Å². The highest BCUT2D eigenvalue weighted by Gasteiger charge is 2.26. The fourth-order valence-electron chi connectivity index (χ4n) is 3.45. The highest BCUT2D eigenvalue weighted by atomic mass is 35.5. The van der Waals surface area contributed by atoms with Crippen LogP contribution in [-0.2, 0) is 22.6 Å². The van der Waals surface area contributed by atoms with Crippen LogP contribution in [0.3, 0.4) is 0 Å². The summed E-state index contributed by atoms with van der Waals surface area (Å²) in [5.41, 5.74) is 1.70. The zero-order chi connectivity index (χ0) is 23.1. The molecule has 0 spiro atoms. The maximum absolute atomic E-state index is 13.2. The van der Waals surface area contributed by atoms with Crippen molar-refractivity contribution >= 4 is 35.0 Å². The van der Waals surface area contributed by atoms with E-state index in [1.807, 2.05) is 25.1 Å². The Bertz CT molecular complexity index is 967. The molecule has 0 saturated heterocycles. The molecule has 6 nitrogen and oxygen atoms in total. The summed E-state index contributed by atoms with van der Waals surface area (Å²) in [6, 6.07) is 10.2. The molecule has 2 aromatic rings. The lowest BCUT2D eigenvalue weighted by Gasteiger charge is -2.29. The Morgan fingerprint density at radius 3 is 2.56 bits per heavy atom. The number of hydrogen-bond acceptors (Lipinski definition) is 4. The van der Waals surface area contributed by atoms with Crippen molar-refractivity contribution in [3.05, 3.63) is 57.6 Å². The van der Waals surface area contributed by atoms with E-state index in [1.165, 1.54) is 0 Å². The number of rotatable bonds is 9. The Morgan fingerprint density at radius 2 is 1.84 bits per heavy atom. The third-order valence-corrected chi connectivity index (χ3v) is 5.89. The van der Waals surface area contributed by atoms with E-state index in [1.54, 1.807) is 30.0 Å². The summed E-state index contributed by atoms with van der Waals surface area (Å²) in [5.74, 6) is 1.08. The van der Waals surface area contributed by atoms with E-state index < -0.39 is 6.04 Å². The van der Waals surface area contributed by atoms with E-state index in [4.69, 9.17) is 32.7 Å². The number of hydrogen-bond donors (Lipinski definition) is 1. The molecule has 2 amide bonds. The van der Waals surface area contributed by atoms with E-state index >= 15 is 0 Å². The fraction of sp³-hybridized carbons (Fsp3) is 0.417. The second kappa shape index (κ2) is 11.4. The molecule has 1 atom stereocenters. The van der Waals surface area contributed by atoms with Gasteiger partial charge < -0.3 is 19.7 Å². The molecule has 2 aromatic carbocycles. The van der Waals surface area contributed by atoms with Gasteiger partial charge in [0, 0.05) is 29.6 Å². The number of carbonyl (C=O) groups is 2. The second-order valence-electron chi connectivity index (χ2n) is 7.70. The first-order chi connectivity index (χ1) is 15.4. The molecule has 1 aliphatic rings. The largest absolute Gasteiger partial charge is 0.486 e. The van der Waals surface area contributed by atoms with Crippen LogP contribution in [0.1, 0.15) is 37.8 Å². The molecule has 0 bridgehead atoms. The quantitative estimate of drug-likeness (QED) is 0.569. The minimum Gasteiger partial charge on any atom is -0.486 e. The lowest BCUT2D eigenvalue weighted by molar-refractivity contribution is -0.140. The lowest BCUT2D eigenvalue weighted by atomic mass is 10.1. The zero-order valence-corrected chi connectivity index (χ0v) is 19.8. The number of ether oxygens (including phenoxy) is 2. The Kier molecular flexibility index (Phi) is 8.65. The predicted molar refractivity (Wildman–Crippen MR) is 126 cm³/mol. The van der Waals surface area contributed by atoms with Gasteiger partial charge in [0.2, 0.25) is 11.8 Å². The number of halogens is 2. The summed E-state index contributed by atoms with van der Waals surface area (Å²) in [7, 11) is 0. The summed E-state index contributed by atoms with van der Waals surface area (Å²) in [6.45, 7) is 5.53. The van der Waals surface area contributed by atoms with Crippen molar-refractivity contribution in [1.29, 1.82) is 0 Å².